The van der Waals surface area contributed by atoms with Crippen LogP contribution in [0.5, 0.6) is 0 Å². The number of amides is 5. The quantitative estimate of drug-likeness (QED) is 0.0283. The highest BCUT2D eigenvalue weighted by molar-refractivity contribution is 6.04. The Morgan fingerprint density at radius 3 is 1.43 bits per heavy atom. The number of carboxylic acids is 1. The molecule has 3 atom stereocenters. The Balaban J connectivity index is 5.27. The van der Waals surface area contributed by atoms with Gasteiger partial charge in [-0.05, 0) is 25.7 Å². The topological polar surface area (TPSA) is 357 Å². The van der Waals surface area contributed by atoms with Gasteiger partial charge in [0, 0.05) is 13.1 Å². The third-order valence-electron chi connectivity index (χ3n) is 5.01. The first-order chi connectivity index (χ1) is 18.6. The SMILES string of the molecule is NC(=O)[C@H](CCCN=C(N)N)NC(=O)CC(=O)C(CCCN=C(N)N)NC(=O)CC(=O)N[C@@H](CC(=O)O)C(N)=O. The van der Waals surface area contributed by atoms with Crippen LogP contribution in [-0.4, -0.2) is 89.5 Å². The number of nitrogens with zero attached hydrogens (tertiary/aromatic N) is 2. The summed E-state index contributed by atoms with van der Waals surface area (Å²) in [7, 11) is 0. The maximum atomic E-state index is 12.8. The lowest BCUT2D eigenvalue weighted by atomic mass is 10.0. The molecule has 0 aliphatic rings. The normalized spacial score (nSPS) is 12.5. The van der Waals surface area contributed by atoms with E-state index in [0.29, 0.717) is 6.42 Å². The lowest BCUT2D eigenvalue weighted by Crippen LogP contribution is -2.49. The van der Waals surface area contributed by atoms with Crippen molar-refractivity contribution in [2.45, 2.75) is 63.1 Å². The van der Waals surface area contributed by atoms with Crippen LogP contribution in [0.2, 0.25) is 0 Å². The summed E-state index contributed by atoms with van der Waals surface area (Å²) < 4.78 is 0. The Morgan fingerprint density at radius 1 is 0.600 bits per heavy atom. The zero-order chi connectivity index (χ0) is 30.8. The largest absolute Gasteiger partial charge is 0.481 e. The van der Waals surface area contributed by atoms with Crippen molar-refractivity contribution >= 4 is 53.2 Å². The van der Waals surface area contributed by atoms with Gasteiger partial charge in [0.1, 0.15) is 18.5 Å². The molecule has 19 heteroatoms. The zero-order valence-electron chi connectivity index (χ0n) is 21.8. The summed E-state index contributed by atoms with van der Waals surface area (Å²) in [6.45, 7) is 0.262. The fourth-order valence-electron chi connectivity index (χ4n) is 3.17. The fourth-order valence-corrected chi connectivity index (χ4v) is 3.17. The number of nitrogens with two attached hydrogens (primary N) is 6. The molecule has 224 valence electrons. The Kier molecular flexibility index (Phi) is 16.0. The first-order valence-corrected chi connectivity index (χ1v) is 11.9. The number of nitrogens with one attached hydrogen (secondary N) is 3. The second-order valence-electron chi connectivity index (χ2n) is 8.48. The second kappa shape index (κ2) is 18.3. The molecule has 0 aromatic heterocycles. The molecule has 0 aliphatic heterocycles. The van der Waals surface area contributed by atoms with Crippen LogP contribution < -0.4 is 50.4 Å². The van der Waals surface area contributed by atoms with Crippen molar-refractivity contribution in [1.82, 2.24) is 16.0 Å². The number of hydrogen-bond acceptors (Lipinski definition) is 9. The molecule has 16 N–H and O–H groups in total. The molecule has 0 spiro atoms. The summed E-state index contributed by atoms with van der Waals surface area (Å²) in [6, 6.07) is -3.94. The van der Waals surface area contributed by atoms with Crippen LogP contribution in [0.1, 0.15) is 44.9 Å². The minimum atomic E-state index is -1.56. The Labute approximate surface area is 228 Å². The summed E-state index contributed by atoms with van der Waals surface area (Å²) >= 11 is 0. The van der Waals surface area contributed by atoms with Crippen LogP contribution in [0, 0.1) is 0 Å². The number of guanidine groups is 2. The van der Waals surface area contributed by atoms with E-state index in [1.165, 1.54) is 0 Å². The fraction of sp³-hybridized carbons (Fsp3) is 0.571. The van der Waals surface area contributed by atoms with E-state index < -0.39 is 78.7 Å². The molecular formula is C21H37N11O8. The van der Waals surface area contributed by atoms with Crippen LogP contribution in [0.15, 0.2) is 9.98 Å². The number of hydrogen-bond donors (Lipinski definition) is 10. The van der Waals surface area contributed by atoms with Crippen LogP contribution in [0.4, 0.5) is 0 Å². The number of aliphatic imine (C=N–C) groups is 2. The van der Waals surface area contributed by atoms with Gasteiger partial charge in [0.25, 0.3) is 0 Å². The molecule has 0 saturated heterocycles. The minimum Gasteiger partial charge on any atom is -0.481 e. The number of aliphatic carboxylic acids is 1. The number of rotatable bonds is 20. The van der Waals surface area contributed by atoms with Gasteiger partial charge in [0.2, 0.25) is 29.5 Å². The molecule has 0 heterocycles. The molecule has 0 aliphatic carbocycles. The number of carboxylic acid groups (broad SMARTS) is 1. The molecule has 1 unspecified atom stereocenters. The van der Waals surface area contributed by atoms with E-state index in [2.05, 4.69) is 20.6 Å². The van der Waals surface area contributed by atoms with Gasteiger partial charge in [-0.3, -0.25) is 43.5 Å². The van der Waals surface area contributed by atoms with Crippen molar-refractivity contribution in [3.8, 4) is 0 Å². The summed E-state index contributed by atoms with van der Waals surface area (Å²) in [5.74, 6) is -7.35. The van der Waals surface area contributed by atoms with Gasteiger partial charge >= 0.3 is 5.97 Å². The van der Waals surface area contributed by atoms with Gasteiger partial charge in [-0.15, -0.1) is 0 Å². The molecule has 0 fully saturated rings. The Morgan fingerprint density at radius 2 is 1.00 bits per heavy atom. The molecular weight excluding hydrogens is 534 g/mol. The van der Waals surface area contributed by atoms with Gasteiger partial charge < -0.3 is 55.5 Å². The maximum absolute atomic E-state index is 12.8. The van der Waals surface area contributed by atoms with Crippen molar-refractivity contribution < 1.29 is 38.7 Å². The molecule has 0 saturated carbocycles. The van der Waals surface area contributed by atoms with Gasteiger partial charge in [0.05, 0.1) is 18.9 Å². The number of ketones is 1. The monoisotopic (exact) mass is 571 g/mol. The molecule has 0 bridgehead atoms. The van der Waals surface area contributed by atoms with Crippen molar-refractivity contribution in [2.75, 3.05) is 13.1 Å². The Bertz CT molecular complexity index is 1010. The van der Waals surface area contributed by atoms with E-state index in [0.717, 1.165) is 0 Å². The third-order valence-corrected chi connectivity index (χ3v) is 5.01. The van der Waals surface area contributed by atoms with E-state index in [1.807, 2.05) is 5.32 Å². The summed E-state index contributed by atoms with van der Waals surface area (Å²) in [5, 5.41) is 15.5. The molecule has 40 heavy (non-hydrogen) atoms. The lowest BCUT2D eigenvalue weighted by molar-refractivity contribution is -0.140. The predicted molar refractivity (Wildman–Crippen MR) is 140 cm³/mol. The van der Waals surface area contributed by atoms with E-state index in [1.54, 1.807) is 0 Å². The molecule has 5 amide bonds. The number of carbonyl (C=O) groups is 7. The van der Waals surface area contributed by atoms with Gasteiger partial charge in [-0.25, -0.2) is 0 Å². The van der Waals surface area contributed by atoms with Crippen LogP contribution in [0.3, 0.4) is 0 Å². The van der Waals surface area contributed by atoms with E-state index in [9.17, 15) is 33.6 Å². The van der Waals surface area contributed by atoms with Crippen LogP contribution in [-0.2, 0) is 33.6 Å². The lowest BCUT2D eigenvalue weighted by Gasteiger charge is -2.19. The van der Waals surface area contributed by atoms with Crippen molar-refractivity contribution in [2.24, 2.45) is 44.4 Å². The van der Waals surface area contributed by atoms with E-state index >= 15 is 0 Å². The number of primary amides is 2. The number of carbonyl (C=O) groups excluding carboxylic acids is 6. The minimum absolute atomic E-state index is 0.0308. The second-order valence-corrected chi connectivity index (χ2v) is 8.48. The average molecular weight is 572 g/mol. The standard InChI is InChI=1S/C21H37N11O8/c22-18(39)11(4-2-6-29-21(26)27)31-14(34)8-13(33)10(3-1-5-28-20(24)25)30-15(35)9-16(36)32-12(19(23)40)7-17(37)38/h10-12H,1-9H2,(H2,22,39)(H2,23,40)(H,30,35)(H,31,34)(H,32,36)(H,37,38)(H4,24,25,28)(H4,26,27,29)/t10?,11-,12-/m0/s1. The van der Waals surface area contributed by atoms with Gasteiger partial charge in [-0.1, -0.05) is 0 Å². The highest BCUT2D eigenvalue weighted by Gasteiger charge is 2.27. The predicted octanol–water partition coefficient (Wildman–Crippen LogP) is -5.66. The highest BCUT2D eigenvalue weighted by atomic mass is 16.4. The van der Waals surface area contributed by atoms with E-state index in [-0.39, 0.29) is 44.3 Å². The first-order valence-electron chi connectivity index (χ1n) is 11.9. The van der Waals surface area contributed by atoms with Crippen molar-refractivity contribution in [3.63, 3.8) is 0 Å². The third kappa shape index (κ3) is 16.7. The number of Topliss-reactive ketones (excluding diaryl/α,β-unsaturated/α-hetero) is 1. The van der Waals surface area contributed by atoms with Crippen molar-refractivity contribution in [3.05, 3.63) is 0 Å². The average Bonchev–Trinajstić information content (AvgIpc) is 2.81. The highest BCUT2D eigenvalue weighted by Crippen LogP contribution is 2.05. The summed E-state index contributed by atoms with van der Waals surface area (Å²) in [6.07, 6.45) is -1.88. The first kappa shape index (κ1) is 35.0. The summed E-state index contributed by atoms with van der Waals surface area (Å²) in [4.78, 5) is 91.1. The van der Waals surface area contributed by atoms with Gasteiger partial charge in [0.15, 0.2) is 17.7 Å². The van der Waals surface area contributed by atoms with Crippen LogP contribution >= 0.6 is 0 Å². The zero-order valence-corrected chi connectivity index (χ0v) is 21.8. The smallest absolute Gasteiger partial charge is 0.305 e. The Hall–Kier alpha value is -4.97. The molecule has 0 radical (unpaired) electrons. The molecule has 0 rings (SSSR count). The molecule has 0 aromatic carbocycles. The molecule has 0 aromatic rings. The van der Waals surface area contributed by atoms with Crippen molar-refractivity contribution in [1.29, 1.82) is 0 Å². The van der Waals surface area contributed by atoms with E-state index in [4.69, 9.17) is 39.5 Å². The molecule has 19 nitrogen and oxygen atoms in total. The maximum Gasteiger partial charge on any atom is 0.305 e. The van der Waals surface area contributed by atoms with Gasteiger partial charge in [-0.2, -0.15) is 0 Å². The summed E-state index contributed by atoms with van der Waals surface area (Å²) in [5.41, 5.74) is 31.3. The van der Waals surface area contributed by atoms with Crippen LogP contribution in [0.25, 0.3) is 0 Å².